The average molecular weight is 417 g/mol. The van der Waals surface area contributed by atoms with E-state index >= 15 is 0 Å². The molecular formula is C21H23N9O. The number of rotatable bonds is 6. The number of anilines is 3. The third-order valence-corrected chi connectivity index (χ3v) is 5.47. The topological polar surface area (TPSA) is 120 Å². The minimum Gasteiger partial charge on any atom is -0.369 e. The molecule has 1 saturated heterocycles. The number of carbonyl (C=O) groups excluding carboxylic acids is 1. The Balaban J connectivity index is 1.30. The van der Waals surface area contributed by atoms with E-state index in [0.717, 1.165) is 54.5 Å². The van der Waals surface area contributed by atoms with Crippen LogP contribution in [0.15, 0.2) is 55.2 Å². The first kappa shape index (κ1) is 19.1. The maximum absolute atomic E-state index is 11.1. The molecule has 4 heterocycles. The van der Waals surface area contributed by atoms with Gasteiger partial charge in [-0.05, 0) is 24.3 Å². The molecule has 1 amide bonds. The Labute approximate surface area is 178 Å². The molecule has 0 bridgehead atoms. The maximum Gasteiger partial charge on any atom is 0.231 e. The molecule has 4 N–H and O–H groups in total. The molecule has 0 saturated carbocycles. The Morgan fingerprint density at radius 3 is 2.61 bits per heavy atom. The van der Waals surface area contributed by atoms with Gasteiger partial charge in [0.05, 0.1) is 24.6 Å². The number of nitrogens with two attached hydrogens (primary N) is 1. The lowest BCUT2D eigenvalue weighted by atomic mass is 10.2. The Morgan fingerprint density at radius 1 is 1.10 bits per heavy atom. The normalized spacial score (nSPS) is 14.8. The van der Waals surface area contributed by atoms with Crippen LogP contribution in [0.3, 0.4) is 0 Å². The molecule has 1 aliphatic heterocycles. The number of primary amides is 1. The first-order chi connectivity index (χ1) is 15.2. The summed E-state index contributed by atoms with van der Waals surface area (Å²) in [6.45, 7) is 3.71. The predicted molar refractivity (Wildman–Crippen MR) is 118 cm³/mol. The largest absolute Gasteiger partial charge is 0.369 e. The van der Waals surface area contributed by atoms with Crippen LogP contribution >= 0.6 is 0 Å². The molecule has 1 fully saturated rings. The Morgan fingerprint density at radius 2 is 1.90 bits per heavy atom. The zero-order valence-corrected chi connectivity index (χ0v) is 16.9. The molecule has 10 heteroatoms. The second kappa shape index (κ2) is 8.07. The maximum atomic E-state index is 11.1. The van der Waals surface area contributed by atoms with E-state index < -0.39 is 0 Å². The van der Waals surface area contributed by atoms with Gasteiger partial charge in [0.2, 0.25) is 5.91 Å². The van der Waals surface area contributed by atoms with Gasteiger partial charge < -0.3 is 16.0 Å². The van der Waals surface area contributed by atoms with Crippen molar-refractivity contribution in [1.82, 2.24) is 29.5 Å². The van der Waals surface area contributed by atoms with Crippen molar-refractivity contribution in [2.45, 2.75) is 0 Å². The van der Waals surface area contributed by atoms with Crippen molar-refractivity contribution in [1.29, 1.82) is 0 Å². The number of piperazine rings is 1. The summed E-state index contributed by atoms with van der Waals surface area (Å²) >= 11 is 0. The van der Waals surface area contributed by atoms with Gasteiger partial charge >= 0.3 is 0 Å². The molecule has 1 aromatic carbocycles. The van der Waals surface area contributed by atoms with Gasteiger partial charge in [0.25, 0.3) is 0 Å². The van der Waals surface area contributed by atoms with Crippen molar-refractivity contribution in [2.75, 3.05) is 42.9 Å². The molecule has 1 aliphatic rings. The van der Waals surface area contributed by atoms with Crippen LogP contribution in [-0.2, 0) is 4.79 Å². The van der Waals surface area contributed by atoms with Crippen molar-refractivity contribution in [3.8, 4) is 11.3 Å². The smallest absolute Gasteiger partial charge is 0.231 e. The summed E-state index contributed by atoms with van der Waals surface area (Å²) in [6, 6.07) is 8.26. The van der Waals surface area contributed by atoms with E-state index in [2.05, 4.69) is 47.4 Å². The average Bonchev–Trinajstić information content (AvgIpc) is 3.47. The highest BCUT2D eigenvalue weighted by Crippen LogP contribution is 2.26. The van der Waals surface area contributed by atoms with E-state index in [1.807, 2.05) is 35.1 Å². The second-order valence-corrected chi connectivity index (χ2v) is 7.50. The molecule has 5 rings (SSSR count). The highest BCUT2D eigenvalue weighted by Gasteiger charge is 2.18. The first-order valence-electron chi connectivity index (χ1n) is 10.1. The molecule has 10 nitrogen and oxygen atoms in total. The lowest BCUT2D eigenvalue weighted by Crippen LogP contribution is -2.48. The van der Waals surface area contributed by atoms with E-state index in [0.29, 0.717) is 12.4 Å². The number of benzene rings is 1. The van der Waals surface area contributed by atoms with Crippen molar-refractivity contribution < 1.29 is 4.79 Å². The van der Waals surface area contributed by atoms with Crippen molar-refractivity contribution in [2.24, 2.45) is 5.73 Å². The summed E-state index contributed by atoms with van der Waals surface area (Å²) in [6.07, 6.45) is 9.06. The number of nitrogens with zero attached hydrogens (tertiary/aromatic N) is 6. The summed E-state index contributed by atoms with van der Waals surface area (Å²) in [7, 11) is 0. The Bertz CT molecular complexity index is 1180. The van der Waals surface area contributed by atoms with Gasteiger partial charge in [-0.2, -0.15) is 5.10 Å². The van der Waals surface area contributed by atoms with Crippen LogP contribution < -0.4 is 16.0 Å². The van der Waals surface area contributed by atoms with E-state index in [-0.39, 0.29) is 5.91 Å². The minimum absolute atomic E-state index is 0.276. The van der Waals surface area contributed by atoms with Crippen LogP contribution in [-0.4, -0.2) is 68.1 Å². The number of hydrogen-bond donors (Lipinski definition) is 3. The summed E-state index contributed by atoms with van der Waals surface area (Å²) in [5.74, 6) is 0.409. The first-order valence-corrected chi connectivity index (χ1v) is 10.1. The molecule has 0 radical (unpaired) electrons. The van der Waals surface area contributed by atoms with Gasteiger partial charge in [0.15, 0.2) is 11.5 Å². The standard InChI is InChI=1S/C21H23N9O/c22-19(31)14-28-7-9-29(10-8-28)17-3-1-16(2-4-17)27-20-21-23-5-6-30(21)18(13-24-20)15-11-25-26-12-15/h1-6,11-13H,7-10,14H2,(H2,22,31)(H,24,27)(H,25,26). The third-order valence-electron chi connectivity index (χ3n) is 5.47. The number of imidazole rings is 1. The molecule has 3 aromatic heterocycles. The van der Waals surface area contributed by atoms with Crippen molar-refractivity contribution >= 4 is 28.7 Å². The molecule has 158 valence electrons. The van der Waals surface area contributed by atoms with Gasteiger partial charge in [-0.25, -0.2) is 9.97 Å². The highest BCUT2D eigenvalue weighted by atomic mass is 16.1. The number of amides is 1. The van der Waals surface area contributed by atoms with E-state index in [9.17, 15) is 4.79 Å². The van der Waals surface area contributed by atoms with Crippen LogP contribution in [0.25, 0.3) is 16.9 Å². The zero-order chi connectivity index (χ0) is 21.2. The van der Waals surface area contributed by atoms with E-state index in [1.165, 1.54) is 0 Å². The fraction of sp³-hybridized carbons (Fsp3) is 0.238. The number of nitrogens with one attached hydrogen (secondary N) is 2. The van der Waals surface area contributed by atoms with Gasteiger partial charge in [0.1, 0.15) is 0 Å². The summed E-state index contributed by atoms with van der Waals surface area (Å²) < 4.78 is 1.99. The number of hydrogen-bond acceptors (Lipinski definition) is 7. The quantitative estimate of drug-likeness (QED) is 0.434. The minimum atomic E-state index is -0.276. The zero-order valence-electron chi connectivity index (χ0n) is 16.9. The fourth-order valence-electron chi connectivity index (χ4n) is 3.89. The van der Waals surface area contributed by atoms with Crippen LogP contribution in [0.5, 0.6) is 0 Å². The molecule has 0 atom stereocenters. The highest BCUT2D eigenvalue weighted by molar-refractivity contribution is 5.76. The van der Waals surface area contributed by atoms with E-state index in [4.69, 9.17) is 5.73 Å². The van der Waals surface area contributed by atoms with Crippen molar-refractivity contribution in [3.63, 3.8) is 0 Å². The molecule has 0 spiro atoms. The summed E-state index contributed by atoms with van der Waals surface area (Å²) in [5, 5.41) is 10.2. The summed E-state index contributed by atoms with van der Waals surface area (Å²) in [4.78, 5) is 24.5. The van der Waals surface area contributed by atoms with Gasteiger partial charge in [0, 0.05) is 61.7 Å². The lowest BCUT2D eigenvalue weighted by Gasteiger charge is -2.35. The molecule has 0 unspecified atom stereocenters. The molecule has 31 heavy (non-hydrogen) atoms. The summed E-state index contributed by atoms with van der Waals surface area (Å²) in [5.41, 5.74) is 9.98. The van der Waals surface area contributed by atoms with Crippen molar-refractivity contribution in [3.05, 3.63) is 55.2 Å². The lowest BCUT2D eigenvalue weighted by molar-refractivity contribution is -0.119. The SMILES string of the molecule is NC(=O)CN1CCN(c2ccc(Nc3ncc(-c4cn[nH]c4)n4ccnc34)cc2)CC1. The van der Waals surface area contributed by atoms with E-state index in [1.54, 1.807) is 12.4 Å². The number of aromatic nitrogens is 5. The predicted octanol–water partition coefficient (Wildman–Crippen LogP) is 1.47. The second-order valence-electron chi connectivity index (χ2n) is 7.50. The van der Waals surface area contributed by atoms with Crippen LogP contribution in [0, 0.1) is 0 Å². The Kier molecular flexibility index (Phi) is 4.97. The molecular weight excluding hydrogens is 394 g/mol. The number of fused-ring (bicyclic) bond motifs is 1. The van der Waals surface area contributed by atoms with Gasteiger partial charge in [-0.15, -0.1) is 0 Å². The molecule has 4 aromatic rings. The van der Waals surface area contributed by atoms with Gasteiger partial charge in [-0.3, -0.25) is 19.2 Å². The Hall–Kier alpha value is -3.92. The van der Waals surface area contributed by atoms with Crippen LogP contribution in [0.1, 0.15) is 0 Å². The van der Waals surface area contributed by atoms with Crippen LogP contribution in [0.4, 0.5) is 17.2 Å². The number of aromatic amines is 1. The third kappa shape index (κ3) is 3.92. The fourth-order valence-corrected chi connectivity index (χ4v) is 3.89. The number of H-pyrrole nitrogens is 1. The monoisotopic (exact) mass is 417 g/mol. The number of carbonyl (C=O) groups is 1. The molecule has 0 aliphatic carbocycles. The van der Waals surface area contributed by atoms with Crippen LogP contribution in [0.2, 0.25) is 0 Å². The van der Waals surface area contributed by atoms with Gasteiger partial charge in [-0.1, -0.05) is 0 Å².